The Bertz CT molecular complexity index is 1030. The highest BCUT2D eigenvalue weighted by atomic mass is 16.1. The molecule has 3 fully saturated rings. The molecule has 138 valence electrons. The second-order valence-electron chi connectivity index (χ2n) is 7.45. The maximum atomic E-state index is 12.9. The molecule has 1 aliphatic carbocycles. The summed E-state index contributed by atoms with van der Waals surface area (Å²) < 4.78 is 1.65. The molecule has 8 heteroatoms. The van der Waals surface area contributed by atoms with Crippen LogP contribution >= 0.6 is 0 Å². The van der Waals surface area contributed by atoms with Gasteiger partial charge in [-0.2, -0.15) is 5.10 Å². The summed E-state index contributed by atoms with van der Waals surface area (Å²) in [6.07, 6.45) is 6.41. The minimum atomic E-state index is -0.0884. The fourth-order valence-corrected chi connectivity index (χ4v) is 4.36. The fraction of sp³-hybridized carbons (Fsp3) is 0.421. The van der Waals surface area contributed by atoms with Gasteiger partial charge in [0, 0.05) is 42.9 Å². The standard InChI is InChI=1S/C19H21N7O/c1-11-4-6-20-15(22-11)10-25-9-13-8-14(25)17(13)23-19(27)16-12(2)24-26-7-3-5-21-18(16)26/h3-7,13-14,17H,8-10H2,1-2H3,(H,23,27). The van der Waals surface area contributed by atoms with Crippen molar-refractivity contribution in [3.05, 3.63) is 53.5 Å². The van der Waals surface area contributed by atoms with Crippen LogP contribution in [0, 0.1) is 19.8 Å². The second-order valence-corrected chi connectivity index (χ2v) is 7.45. The molecule has 3 aromatic rings. The summed E-state index contributed by atoms with van der Waals surface area (Å²) in [5.41, 5.74) is 2.84. The minimum absolute atomic E-state index is 0.0884. The molecule has 8 nitrogen and oxygen atoms in total. The van der Waals surface area contributed by atoms with Gasteiger partial charge in [-0.15, -0.1) is 0 Å². The van der Waals surface area contributed by atoms with Crippen molar-refractivity contribution < 1.29 is 4.79 Å². The summed E-state index contributed by atoms with van der Waals surface area (Å²) in [5, 5.41) is 7.61. The first-order chi connectivity index (χ1) is 13.1. The van der Waals surface area contributed by atoms with Crippen LogP contribution in [0.5, 0.6) is 0 Å². The van der Waals surface area contributed by atoms with Gasteiger partial charge in [-0.3, -0.25) is 9.69 Å². The highest BCUT2D eigenvalue weighted by Crippen LogP contribution is 2.41. The van der Waals surface area contributed by atoms with Crippen molar-refractivity contribution in [1.29, 1.82) is 0 Å². The van der Waals surface area contributed by atoms with Gasteiger partial charge < -0.3 is 5.32 Å². The fourth-order valence-electron chi connectivity index (χ4n) is 4.36. The molecular weight excluding hydrogens is 342 g/mol. The minimum Gasteiger partial charge on any atom is -0.347 e. The van der Waals surface area contributed by atoms with E-state index in [1.165, 1.54) is 0 Å². The Morgan fingerprint density at radius 2 is 2.19 bits per heavy atom. The molecule has 27 heavy (non-hydrogen) atoms. The van der Waals surface area contributed by atoms with Gasteiger partial charge in [-0.05, 0) is 38.3 Å². The van der Waals surface area contributed by atoms with Gasteiger partial charge in [-0.25, -0.2) is 19.5 Å². The third-order valence-corrected chi connectivity index (χ3v) is 5.69. The Kier molecular flexibility index (Phi) is 3.68. The molecule has 1 amide bonds. The van der Waals surface area contributed by atoms with E-state index in [9.17, 15) is 4.79 Å². The molecule has 0 spiro atoms. The maximum absolute atomic E-state index is 12.9. The van der Waals surface area contributed by atoms with Crippen LogP contribution in [0.1, 0.15) is 34.0 Å². The Morgan fingerprint density at radius 1 is 1.30 bits per heavy atom. The SMILES string of the molecule is Cc1ccnc(CN2CC3CC2C3NC(=O)c2c(C)nn3cccnc23)n1. The molecular formula is C19H21N7O. The number of rotatable bonds is 4. The van der Waals surface area contributed by atoms with Gasteiger partial charge in [0.25, 0.3) is 5.91 Å². The Balaban J connectivity index is 1.31. The van der Waals surface area contributed by atoms with E-state index in [1.807, 2.05) is 26.1 Å². The van der Waals surface area contributed by atoms with Gasteiger partial charge in [0.15, 0.2) is 5.65 Å². The van der Waals surface area contributed by atoms with E-state index >= 15 is 0 Å². The molecule has 2 saturated heterocycles. The van der Waals surface area contributed by atoms with Gasteiger partial charge in [0.05, 0.1) is 12.2 Å². The van der Waals surface area contributed by atoms with Crippen LogP contribution < -0.4 is 5.32 Å². The van der Waals surface area contributed by atoms with Crippen molar-refractivity contribution >= 4 is 11.6 Å². The molecule has 1 N–H and O–H groups in total. The number of aromatic nitrogens is 5. The Labute approximate surface area is 156 Å². The lowest BCUT2D eigenvalue weighted by Crippen LogP contribution is -2.54. The van der Waals surface area contributed by atoms with Crippen molar-refractivity contribution in [2.45, 2.75) is 38.9 Å². The molecule has 2 aliphatic heterocycles. The van der Waals surface area contributed by atoms with Crippen LogP contribution in [0.25, 0.3) is 5.65 Å². The predicted octanol–water partition coefficient (Wildman–Crippen LogP) is 1.14. The first kappa shape index (κ1) is 16.3. The average Bonchev–Trinajstić information content (AvgIpc) is 3.29. The second kappa shape index (κ2) is 6.09. The van der Waals surface area contributed by atoms with E-state index in [-0.39, 0.29) is 11.9 Å². The first-order valence-electron chi connectivity index (χ1n) is 9.23. The van der Waals surface area contributed by atoms with Crippen molar-refractivity contribution in [3.63, 3.8) is 0 Å². The zero-order chi connectivity index (χ0) is 18.5. The lowest BCUT2D eigenvalue weighted by Gasteiger charge is -2.37. The molecule has 3 atom stereocenters. The van der Waals surface area contributed by atoms with Crippen molar-refractivity contribution in [2.24, 2.45) is 5.92 Å². The van der Waals surface area contributed by atoms with E-state index in [1.54, 1.807) is 23.0 Å². The smallest absolute Gasteiger partial charge is 0.257 e. The summed E-state index contributed by atoms with van der Waals surface area (Å²) >= 11 is 0. The molecule has 0 radical (unpaired) electrons. The number of hydrogen-bond acceptors (Lipinski definition) is 6. The first-order valence-corrected chi connectivity index (χ1v) is 9.23. The summed E-state index contributed by atoms with van der Waals surface area (Å²) in [6, 6.07) is 4.22. The van der Waals surface area contributed by atoms with Gasteiger partial charge >= 0.3 is 0 Å². The third kappa shape index (κ3) is 2.68. The van der Waals surface area contributed by atoms with Crippen LogP contribution in [-0.4, -0.2) is 54.0 Å². The Morgan fingerprint density at radius 3 is 3.04 bits per heavy atom. The van der Waals surface area contributed by atoms with Gasteiger partial charge in [0.1, 0.15) is 11.4 Å². The Hall–Kier alpha value is -2.87. The summed E-state index contributed by atoms with van der Waals surface area (Å²) in [4.78, 5) is 28.5. The molecule has 5 heterocycles. The molecule has 2 bridgehead atoms. The zero-order valence-electron chi connectivity index (χ0n) is 15.3. The average molecular weight is 363 g/mol. The summed E-state index contributed by atoms with van der Waals surface area (Å²) in [7, 11) is 0. The molecule has 3 unspecified atom stereocenters. The number of nitrogens with zero attached hydrogens (tertiary/aromatic N) is 6. The topological polar surface area (TPSA) is 88.3 Å². The number of carbonyl (C=O) groups is 1. The molecule has 3 aliphatic rings. The van der Waals surface area contributed by atoms with E-state index in [0.29, 0.717) is 28.9 Å². The summed E-state index contributed by atoms with van der Waals surface area (Å²) in [6.45, 7) is 5.52. The van der Waals surface area contributed by atoms with Crippen molar-refractivity contribution in [2.75, 3.05) is 6.54 Å². The normalized spacial score (nSPS) is 24.1. The van der Waals surface area contributed by atoms with E-state index in [4.69, 9.17) is 0 Å². The number of carbonyl (C=O) groups excluding carboxylic acids is 1. The van der Waals surface area contributed by atoms with Crippen LogP contribution in [0.3, 0.4) is 0 Å². The van der Waals surface area contributed by atoms with Crippen LogP contribution in [0.2, 0.25) is 0 Å². The molecule has 0 aromatic carbocycles. The van der Waals surface area contributed by atoms with Crippen LogP contribution in [0.4, 0.5) is 0 Å². The quantitative estimate of drug-likeness (QED) is 0.748. The van der Waals surface area contributed by atoms with E-state index in [2.05, 4.69) is 30.3 Å². The van der Waals surface area contributed by atoms with Gasteiger partial charge in [-0.1, -0.05) is 0 Å². The molecule has 1 saturated carbocycles. The molecule has 6 rings (SSSR count). The highest BCUT2D eigenvalue weighted by Gasteiger charge is 2.52. The lowest BCUT2D eigenvalue weighted by atomic mass is 9.80. The predicted molar refractivity (Wildman–Crippen MR) is 98.1 cm³/mol. The van der Waals surface area contributed by atoms with Crippen molar-refractivity contribution in [1.82, 2.24) is 34.8 Å². The van der Waals surface area contributed by atoms with Crippen LogP contribution in [0.15, 0.2) is 30.7 Å². The maximum Gasteiger partial charge on any atom is 0.257 e. The van der Waals surface area contributed by atoms with Crippen molar-refractivity contribution in [3.8, 4) is 0 Å². The zero-order valence-corrected chi connectivity index (χ0v) is 15.3. The largest absolute Gasteiger partial charge is 0.347 e. The number of amides is 1. The van der Waals surface area contributed by atoms with E-state index in [0.717, 1.165) is 31.0 Å². The van der Waals surface area contributed by atoms with E-state index < -0.39 is 0 Å². The highest BCUT2D eigenvalue weighted by molar-refractivity contribution is 6.01. The monoisotopic (exact) mass is 363 g/mol. The lowest BCUT2D eigenvalue weighted by molar-refractivity contribution is 0.0866. The van der Waals surface area contributed by atoms with Gasteiger partial charge in [0.2, 0.25) is 0 Å². The number of hydrogen-bond donors (Lipinski definition) is 1. The summed E-state index contributed by atoms with van der Waals surface area (Å²) in [5.74, 6) is 1.24. The number of aryl methyl sites for hydroxylation is 2. The number of nitrogens with one attached hydrogen (secondary N) is 1. The third-order valence-electron chi connectivity index (χ3n) is 5.69. The van der Waals surface area contributed by atoms with Crippen LogP contribution in [-0.2, 0) is 6.54 Å². The number of fused-ring (bicyclic) bond motifs is 2. The molecule has 3 aromatic heterocycles.